The highest BCUT2D eigenvalue weighted by Gasteiger charge is 2.32. The summed E-state index contributed by atoms with van der Waals surface area (Å²) in [5, 5.41) is 5.26. The van der Waals surface area contributed by atoms with E-state index in [4.69, 9.17) is 11.6 Å². The molecule has 0 bridgehead atoms. The first kappa shape index (κ1) is 16.4. The van der Waals surface area contributed by atoms with Crippen LogP contribution in [-0.2, 0) is 10.5 Å². The molecule has 1 aliphatic heterocycles. The molecule has 0 unspecified atom stereocenters. The summed E-state index contributed by atoms with van der Waals surface area (Å²) in [7, 11) is 0. The maximum atomic E-state index is 12.2. The Hall–Kier alpha value is -1.46. The van der Waals surface area contributed by atoms with Gasteiger partial charge in [0.1, 0.15) is 0 Å². The van der Waals surface area contributed by atoms with Crippen molar-refractivity contribution in [1.29, 1.82) is 0 Å². The Bertz CT molecular complexity index is 710. The van der Waals surface area contributed by atoms with Crippen molar-refractivity contribution in [2.75, 3.05) is 18.8 Å². The van der Waals surface area contributed by atoms with Crippen molar-refractivity contribution in [2.45, 2.75) is 25.6 Å². The molecule has 1 aromatic carbocycles. The summed E-state index contributed by atoms with van der Waals surface area (Å²) in [6.45, 7) is 5.57. The third-order valence-corrected chi connectivity index (χ3v) is 5.38. The van der Waals surface area contributed by atoms with Crippen LogP contribution in [0.15, 0.2) is 30.3 Å². The summed E-state index contributed by atoms with van der Waals surface area (Å²) < 4.78 is 2.04. The zero-order valence-corrected chi connectivity index (χ0v) is 14.9. The Kier molecular flexibility index (Phi) is 4.97. The zero-order chi connectivity index (χ0) is 16.4. The SMILES string of the molecule is Cc1cc(C)n(C2CN(C(=O)CSCc3ccccc3Cl)C2)n1. The van der Waals surface area contributed by atoms with Gasteiger partial charge in [0.25, 0.3) is 0 Å². The van der Waals surface area contributed by atoms with Gasteiger partial charge in [-0.1, -0.05) is 29.8 Å². The monoisotopic (exact) mass is 349 g/mol. The smallest absolute Gasteiger partial charge is 0.232 e. The molecular formula is C17H20ClN3OS. The number of carbonyl (C=O) groups excluding carboxylic acids is 1. The van der Waals surface area contributed by atoms with Crippen molar-refractivity contribution in [2.24, 2.45) is 0 Å². The van der Waals surface area contributed by atoms with Crippen LogP contribution in [0.1, 0.15) is 23.0 Å². The molecule has 0 saturated carbocycles. The third-order valence-electron chi connectivity index (χ3n) is 4.05. The maximum Gasteiger partial charge on any atom is 0.232 e. The fourth-order valence-electron chi connectivity index (χ4n) is 2.78. The van der Waals surface area contributed by atoms with Gasteiger partial charge in [0, 0.05) is 29.6 Å². The lowest BCUT2D eigenvalue weighted by atomic mass is 10.1. The summed E-state index contributed by atoms with van der Waals surface area (Å²) in [6, 6.07) is 10.2. The predicted molar refractivity (Wildman–Crippen MR) is 94.9 cm³/mol. The standard InChI is InChI=1S/C17H20ClN3OS/c1-12-7-13(2)21(19-12)15-8-20(9-15)17(22)11-23-10-14-5-3-4-6-16(14)18/h3-7,15H,8-11H2,1-2H3. The Morgan fingerprint density at radius 2 is 2.09 bits per heavy atom. The van der Waals surface area contributed by atoms with E-state index in [1.807, 2.05) is 40.8 Å². The van der Waals surface area contributed by atoms with Gasteiger partial charge < -0.3 is 4.90 Å². The van der Waals surface area contributed by atoms with Crippen LogP contribution in [0.4, 0.5) is 0 Å². The lowest BCUT2D eigenvalue weighted by molar-refractivity contribution is -0.134. The second-order valence-corrected chi connectivity index (χ2v) is 7.30. The summed E-state index contributed by atoms with van der Waals surface area (Å²) in [5.74, 6) is 1.45. The summed E-state index contributed by atoms with van der Waals surface area (Å²) in [5.41, 5.74) is 3.27. The highest BCUT2D eigenvalue weighted by Crippen LogP contribution is 2.25. The number of rotatable bonds is 5. The number of nitrogens with zero attached hydrogens (tertiary/aromatic N) is 3. The molecular weight excluding hydrogens is 330 g/mol. The van der Waals surface area contributed by atoms with Gasteiger partial charge in [0.05, 0.1) is 17.5 Å². The molecule has 122 valence electrons. The van der Waals surface area contributed by atoms with Crippen molar-refractivity contribution in [1.82, 2.24) is 14.7 Å². The third kappa shape index (κ3) is 3.72. The molecule has 0 N–H and O–H groups in total. The molecule has 6 heteroatoms. The second-order valence-electron chi connectivity index (χ2n) is 5.91. The van der Waals surface area contributed by atoms with Crippen molar-refractivity contribution in [3.8, 4) is 0 Å². The predicted octanol–water partition coefficient (Wildman–Crippen LogP) is 3.47. The van der Waals surface area contributed by atoms with Crippen molar-refractivity contribution >= 4 is 29.3 Å². The average molecular weight is 350 g/mol. The van der Waals surface area contributed by atoms with E-state index in [9.17, 15) is 4.79 Å². The molecule has 3 rings (SSSR count). The van der Waals surface area contributed by atoms with Gasteiger partial charge in [-0.25, -0.2) is 0 Å². The quantitative estimate of drug-likeness (QED) is 0.829. The minimum atomic E-state index is 0.194. The van der Waals surface area contributed by atoms with E-state index in [1.165, 1.54) is 0 Å². The maximum absolute atomic E-state index is 12.2. The molecule has 1 aliphatic rings. The summed E-state index contributed by atoms with van der Waals surface area (Å²) >= 11 is 7.74. The number of halogens is 1. The minimum Gasteiger partial charge on any atom is -0.338 e. The van der Waals surface area contributed by atoms with E-state index >= 15 is 0 Å². The number of amides is 1. The topological polar surface area (TPSA) is 38.1 Å². The van der Waals surface area contributed by atoms with Crippen molar-refractivity contribution in [3.63, 3.8) is 0 Å². The van der Waals surface area contributed by atoms with Crippen LogP contribution >= 0.6 is 23.4 Å². The van der Waals surface area contributed by atoms with E-state index in [2.05, 4.69) is 18.1 Å². The van der Waals surface area contributed by atoms with E-state index in [0.29, 0.717) is 11.8 Å². The fraction of sp³-hybridized carbons (Fsp3) is 0.412. The minimum absolute atomic E-state index is 0.194. The molecule has 1 amide bonds. The highest BCUT2D eigenvalue weighted by molar-refractivity contribution is 7.99. The molecule has 0 spiro atoms. The van der Waals surface area contributed by atoms with Gasteiger partial charge in [-0.05, 0) is 31.5 Å². The lowest BCUT2D eigenvalue weighted by Gasteiger charge is -2.39. The Morgan fingerprint density at radius 3 is 2.74 bits per heavy atom. The van der Waals surface area contributed by atoms with Crippen LogP contribution < -0.4 is 0 Å². The molecule has 2 heterocycles. The van der Waals surface area contributed by atoms with Gasteiger partial charge in [-0.15, -0.1) is 11.8 Å². The van der Waals surface area contributed by atoms with Crippen LogP contribution in [0, 0.1) is 13.8 Å². The molecule has 23 heavy (non-hydrogen) atoms. The number of aromatic nitrogens is 2. The number of benzene rings is 1. The van der Waals surface area contributed by atoms with Crippen molar-refractivity contribution < 1.29 is 4.79 Å². The number of aryl methyl sites for hydroxylation is 2. The van der Waals surface area contributed by atoms with Gasteiger partial charge in [0.2, 0.25) is 5.91 Å². The highest BCUT2D eigenvalue weighted by atomic mass is 35.5. The van der Waals surface area contributed by atoms with Crippen LogP contribution in [0.5, 0.6) is 0 Å². The molecule has 2 aromatic rings. The molecule has 0 atom stereocenters. The van der Waals surface area contributed by atoms with Crippen molar-refractivity contribution in [3.05, 3.63) is 52.3 Å². The Morgan fingerprint density at radius 1 is 1.35 bits per heavy atom. The average Bonchev–Trinajstić information content (AvgIpc) is 2.78. The first-order chi connectivity index (χ1) is 11.0. The number of hydrogen-bond acceptors (Lipinski definition) is 3. The largest absolute Gasteiger partial charge is 0.338 e. The molecule has 1 fully saturated rings. The molecule has 4 nitrogen and oxygen atoms in total. The molecule has 0 radical (unpaired) electrons. The Labute approximate surface area is 145 Å². The molecule has 0 aliphatic carbocycles. The van der Waals surface area contributed by atoms with Gasteiger partial charge in [0.15, 0.2) is 0 Å². The van der Waals surface area contributed by atoms with Gasteiger partial charge >= 0.3 is 0 Å². The van der Waals surface area contributed by atoms with Gasteiger partial charge in [-0.3, -0.25) is 9.48 Å². The number of carbonyl (C=O) groups is 1. The zero-order valence-electron chi connectivity index (χ0n) is 13.3. The summed E-state index contributed by atoms with van der Waals surface area (Å²) in [4.78, 5) is 14.1. The van der Waals surface area contributed by atoms with Crippen LogP contribution in [0.25, 0.3) is 0 Å². The number of thioether (sulfide) groups is 1. The van der Waals surface area contributed by atoms with Crippen LogP contribution in [0.2, 0.25) is 5.02 Å². The van der Waals surface area contributed by atoms with E-state index < -0.39 is 0 Å². The lowest BCUT2D eigenvalue weighted by Crippen LogP contribution is -2.51. The van der Waals surface area contributed by atoms with Crippen LogP contribution in [-0.4, -0.2) is 39.4 Å². The summed E-state index contributed by atoms with van der Waals surface area (Å²) in [6.07, 6.45) is 0. The first-order valence-electron chi connectivity index (χ1n) is 7.66. The van der Waals surface area contributed by atoms with Gasteiger partial charge in [-0.2, -0.15) is 5.10 Å². The fourth-order valence-corrected chi connectivity index (χ4v) is 4.00. The van der Waals surface area contributed by atoms with E-state index in [0.717, 1.165) is 40.8 Å². The first-order valence-corrected chi connectivity index (χ1v) is 9.19. The second kappa shape index (κ2) is 6.97. The number of hydrogen-bond donors (Lipinski definition) is 0. The Balaban J connectivity index is 1.44. The molecule has 1 aromatic heterocycles. The molecule has 1 saturated heterocycles. The van der Waals surface area contributed by atoms with E-state index in [-0.39, 0.29) is 5.91 Å². The number of likely N-dealkylation sites (tertiary alicyclic amines) is 1. The normalized spacial score (nSPS) is 14.8. The van der Waals surface area contributed by atoms with E-state index in [1.54, 1.807) is 11.8 Å². The van der Waals surface area contributed by atoms with Crippen LogP contribution in [0.3, 0.4) is 0 Å².